The number of halogens is 4. The highest BCUT2D eigenvalue weighted by molar-refractivity contribution is 14.3. The molecule has 0 fully saturated rings. The molecule has 0 aromatic rings. The minimum absolute atomic E-state index is 1.73. The normalized spacial score (nSPS) is 12.0. The van der Waals surface area contributed by atoms with Crippen LogP contribution in [0.4, 0.5) is 0 Å². The Morgan fingerprint density at radius 1 is 1.20 bits per heavy atom. The topological polar surface area (TPSA) is 0 Å². The molecule has 0 N–H and O–H groups in total. The Labute approximate surface area is 66.4 Å². The van der Waals surface area contributed by atoms with Crippen LogP contribution in [0, 0.1) is 0 Å². The Kier molecular flexibility index (Phi) is 3.68. The summed E-state index contributed by atoms with van der Waals surface area (Å²) in [5.74, 6) is 0. The van der Waals surface area contributed by atoms with Crippen LogP contribution in [-0.2, 0) is 0 Å². The lowest BCUT2D eigenvalue weighted by Gasteiger charge is -1.87. The molecule has 5 heteroatoms. The summed E-state index contributed by atoms with van der Waals surface area (Å²) in [6.45, 7) is 0. The summed E-state index contributed by atoms with van der Waals surface area (Å²) in [6, 6.07) is 0. The van der Waals surface area contributed by atoms with Crippen molar-refractivity contribution in [1.82, 2.24) is 0 Å². The minimum atomic E-state index is -1.73. The highest BCUT2D eigenvalue weighted by atomic mass is 127. The van der Waals surface area contributed by atoms with Gasteiger partial charge in [-0.2, -0.15) is 0 Å². The van der Waals surface area contributed by atoms with Crippen molar-refractivity contribution in [2.24, 2.45) is 0 Å². The van der Waals surface area contributed by atoms with Crippen LogP contribution < -0.4 is 0 Å². The van der Waals surface area contributed by atoms with Crippen molar-refractivity contribution in [3.05, 3.63) is 0 Å². The molecule has 0 unspecified atom stereocenters. The van der Waals surface area contributed by atoms with Crippen molar-refractivity contribution in [3.63, 3.8) is 0 Å². The van der Waals surface area contributed by atoms with Crippen molar-refractivity contribution < 1.29 is 0 Å². The van der Waals surface area contributed by atoms with Gasteiger partial charge in [0, 0.05) is 0 Å². The van der Waals surface area contributed by atoms with Crippen molar-refractivity contribution in [3.8, 4) is 0 Å². The van der Waals surface area contributed by atoms with Crippen LogP contribution in [-0.4, -0.2) is 1.69 Å². The van der Waals surface area contributed by atoms with Gasteiger partial charge in [0.2, 0.25) is 0 Å². The van der Waals surface area contributed by atoms with Crippen LogP contribution in [0.3, 0.4) is 0 Å². The third-order valence-electron chi connectivity index (χ3n) is 0. The molecule has 0 aliphatic carbocycles. The van der Waals surface area contributed by atoms with E-state index in [0.717, 1.165) is 0 Å². The van der Waals surface area contributed by atoms with Crippen LogP contribution >= 0.6 is 65.8 Å². The first-order valence-electron chi connectivity index (χ1n) is 0.756. The van der Waals surface area contributed by atoms with Crippen LogP contribution in [0.5, 0.6) is 0 Å². The van der Waals surface area contributed by atoms with Crippen molar-refractivity contribution in [2.45, 2.75) is 0 Å². The Balaban J connectivity index is 3.02. The van der Waals surface area contributed by atoms with Gasteiger partial charge in [-0.3, -0.25) is 0 Å². The number of rotatable bonds is 0. The fraction of sp³-hybridized carbons (Fsp3) is 0. The number of hydrogen-bond acceptors (Lipinski definition) is 0. The molecule has 32 valence electrons. The molecule has 0 aromatic heterocycles. The molecule has 0 aromatic carbocycles. The van der Waals surface area contributed by atoms with E-state index < -0.39 is 1.69 Å². The monoisotopic (exact) mass is 352 g/mol. The second-order valence-corrected chi connectivity index (χ2v) is 28.8. The largest absolute Gasteiger partial charge is 0.376 e. The lowest BCUT2D eigenvalue weighted by atomic mass is 27.8. The van der Waals surface area contributed by atoms with Crippen LogP contribution in [0.15, 0.2) is 0 Å². The van der Waals surface area contributed by atoms with E-state index in [4.69, 9.17) is 22.2 Å². The summed E-state index contributed by atoms with van der Waals surface area (Å²) >= 11 is 14.9. The van der Waals surface area contributed by atoms with E-state index in [1.165, 1.54) is 0 Å². The molecule has 0 atom stereocenters. The molecule has 0 bridgehead atoms. The van der Waals surface area contributed by atoms with Gasteiger partial charge in [0.1, 0.15) is 0 Å². The first-order valence-corrected chi connectivity index (χ1v) is 11.0. The summed E-state index contributed by atoms with van der Waals surface area (Å²) in [5.41, 5.74) is 0. The molecule has 0 aliphatic heterocycles. The maximum atomic E-state index is 5.41. The molecule has 0 saturated carbocycles. The predicted octanol–water partition coefficient (Wildman–Crippen LogP) is 2.77. The Hall–Kier alpha value is 2.26. The minimum Gasteiger partial charge on any atom is -0.121 e. The van der Waals surface area contributed by atoms with Gasteiger partial charge in [-0.05, 0) is 0 Å². The molecule has 0 radical (unpaired) electrons. The molecule has 5 heavy (non-hydrogen) atoms. The zero-order valence-electron chi connectivity index (χ0n) is 2.01. The lowest BCUT2D eigenvalue weighted by molar-refractivity contribution is 4.28. The maximum absolute atomic E-state index is 5.41. The van der Waals surface area contributed by atoms with Gasteiger partial charge in [-0.15, -0.1) is 22.2 Å². The zero-order chi connectivity index (χ0) is 4.50. The van der Waals surface area contributed by atoms with Crippen molar-refractivity contribution in [2.75, 3.05) is 0 Å². The highest BCUT2D eigenvalue weighted by Crippen LogP contribution is 2.29. The van der Waals surface area contributed by atoms with Gasteiger partial charge < -0.3 is 0 Å². The standard InChI is InChI=1S/Cl2I2Si/c1-5(2,3)4. The van der Waals surface area contributed by atoms with E-state index in [0.29, 0.717) is 0 Å². The van der Waals surface area contributed by atoms with Gasteiger partial charge in [0.25, 0.3) is 0 Å². The van der Waals surface area contributed by atoms with Gasteiger partial charge in [-0.1, -0.05) is 43.6 Å². The van der Waals surface area contributed by atoms with Crippen LogP contribution in [0.2, 0.25) is 0 Å². The van der Waals surface area contributed by atoms with E-state index in [2.05, 4.69) is 0 Å². The molecule has 0 amide bonds. The molecule has 0 saturated heterocycles. The highest BCUT2D eigenvalue weighted by Gasteiger charge is 2.16. The summed E-state index contributed by atoms with van der Waals surface area (Å²) in [6.07, 6.45) is 0. The average molecular weight is 353 g/mol. The first kappa shape index (κ1) is 7.26. The summed E-state index contributed by atoms with van der Waals surface area (Å²) in [7, 11) is 0. The lowest BCUT2D eigenvalue weighted by Crippen LogP contribution is -1.88. The fourth-order valence-electron chi connectivity index (χ4n) is 0. The fourth-order valence-corrected chi connectivity index (χ4v) is 0. The van der Waals surface area contributed by atoms with Crippen molar-refractivity contribution >= 4 is 67.4 Å². The van der Waals surface area contributed by atoms with E-state index in [1.54, 1.807) is 0 Å². The van der Waals surface area contributed by atoms with Gasteiger partial charge in [0.05, 0.1) is 0 Å². The molecule has 0 spiro atoms. The average Bonchev–Trinajstić information content (AvgIpc) is 0.722. The van der Waals surface area contributed by atoms with Gasteiger partial charge in [-0.25, -0.2) is 0 Å². The van der Waals surface area contributed by atoms with E-state index in [1.807, 2.05) is 43.6 Å². The predicted molar refractivity (Wildman–Crippen MR) is 45.5 cm³/mol. The molecule has 0 nitrogen and oxygen atoms in total. The Bertz CT molecular complexity index is 23.1. The smallest absolute Gasteiger partial charge is 0.121 e. The molecular formula is Cl2I2Si. The van der Waals surface area contributed by atoms with Crippen LogP contribution in [0.1, 0.15) is 0 Å². The van der Waals surface area contributed by atoms with Gasteiger partial charge in [0.15, 0.2) is 0 Å². The third kappa shape index (κ3) is 22.3. The summed E-state index contributed by atoms with van der Waals surface area (Å²) < 4.78 is -1.73. The quantitative estimate of drug-likeness (QED) is 0.357. The van der Waals surface area contributed by atoms with E-state index in [9.17, 15) is 0 Å². The molecular weight excluding hydrogens is 353 g/mol. The second-order valence-electron chi connectivity index (χ2n) is 0.429. The van der Waals surface area contributed by atoms with Gasteiger partial charge >= 0.3 is 1.69 Å². The molecule has 0 aliphatic rings. The third-order valence-corrected chi connectivity index (χ3v) is 0. The van der Waals surface area contributed by atoms with Crippen molar-refractivity contribution in [1.29, 1.82) is 0 Å². The molecule has 0 heterocycles. The first-order chi connectivity index (χ1) is 2.00. The summed E-state index contributed by atoms with van der Waals surface area (Å²) in [4.78, 5) is 0. The SMILES string of the molecule is Cl[Si](Cl)(I)I. The maximum Gasteiger partial charge on any atom is 0.376 e. The van der Waals surface area contributed by atoms with Crippen LogP contribution in [0.25, 0.3) is 0 Å². The number of hydrogen-bond donors (Lipinski definition) is 0. The zero-order valence-corrected chi connectivity index (χ0v) is 8.84. The summed E-state index contributed by atoms with van der Waals surface area (Å²) in [5, 5.41) is 0. The van der Waals surface area contributed by atoms with E-state index >= 15 is 0 Å². The Morgan fingerprint density at radius 3 is 1.20 bits per heavy atom. The van der Waals surface area contributed by atoms with E-state index in [-0.39, 0.29) is 0 Å². The second kappa shape index (κ2) is 2.54. The Morgan fingerprint density at radius 2 is 1.20 bits per heavy atom. The molecule has 0 rings (SSSR count).